The first-order valence-electron chi connectivity index (χ1n) is 9.12. The molecule has 2 unspecified atom stereocenters. The highest BCUT2D eigenvalue weighted by molar-refractivity contribution is 7.89. The van der Waals surface area contributed by atoms with Gasteiger partial charge in [0.25, 0.3) is 0 Å². The minimum atomic E-state index is -3.53. The minimum absolute atomic E-state index is 0.221. The van der Waals surface area contributed by atoms with E-state index in [1.54, 1.807) is 12.1 Å². The topological polar surface area (TPSA) is 46.2 Å². The standard InChI is InChI=1S/C21H29NO2S/c1-5-16(4)18-10-12-19(13-11-18)21(7-3)22-25(23,24)20-14-8-17(6-2)9-15-20/h8-16,21-22H,5-7H2,1-4H3. The first kappa shape index (κ1) is 19.7. The van der Waals surface area contributed by atoms with Gasteiger partial charge in [-0.1, -0.05) is 64.1 Å². The molecule has 0 amide bonds. The number of benzene rings is 2. The van der Waals surface area contributed by atoms with Crippen LogP contribution in [0.15, 0.2) is 53.4 Å². The Balaban J connectivity index is 2.19. The Hall–Kier alpha value is -1.65. The van der Waals surface area contributed by atoms with E-state index in [0.717, 1.165) is 24.0 Å². The molecule has 0 aliphatic heterocycles. The van der Waals surface area contributed by atoms with Gasteiger partial charge in [-0.3, -0.25) is 0 Å². The lowest BCUT2D eigenvalue weighted by molar-refractivity contribution is 0.550. The average molecular weight is 360 g/mol. The molecule has 0 bridgehead atoms. The normalized spacial score (nSPS) is 14.2. The molecule has 25 heavy (non-hydrogen) atoms. The molecule has 2 rings (SSSR count). The van der Waals surface area contributed by atoms with Gasteiger partial charge in [0.1, 0.15) is 0 Å². The van der Waals surface area contributed by atoms with E-state index in [-0.39, 0.29) is 6.04 Å². The number of aryl methyl sites for hydroxylation is 1. The summed E-state index contributed by atoms with van der Waals surface area (Å²) in [5.41, 5.74) is 3.43. The summed E-state index contributed by atoms with van der Waals surface area (Å²) in [5.74, 6) is 0.517. The molecule has 0 saturated carbocycles. The van der Waals surface area contributed by atoms with Crippen LogP contribution in [0.1, 0.15) is 69.2 Å². The SMILES string of the molecule is CCc1ccc(S(=O)(=O)NC(CC)c2ccc(C(C)CC)cc2)cc1. The molecule has 2 aromatic carbocycles. The molecule has 0 fully saturated rings. The van der Waals surface area contributed by atoms with Crippen molar-refractivity contribution in [1.29, 1.82) is 0 Å². The van der Waals surface area contributed by atoms with Gasteiger partial charge in [-0.25, -0.2) is 13.1 Å². The number of hydrogen-bond donors (Lipinski definition) is 1. The van der Waals surface area contributed by atoms with Crippen LogP contribution in [0.3, 0.4) is 0 Å². The maximum absolute atomic E-state index is 12.7. The lowest BCUT2D eigenvalue weighted by Gasteiger charge is -2.19. The molecule has 1 N–H and O–H groups in total. The summed E-state index contributed by atoms with van der Waals surface area (Å²) >= 11 is 0. The van der Waals surface area contributed by atoms with Crippen LogP contribution in [0.25, 0.3) is 0 Å². The molecule has 0 aliphatic carbocycles. The van der Waals surface area contributed by atoms with Gasteiger partial charge in [0, 0.05) is 6.04 Å². The van der Waals surface area contributed by atoms with Crippen molar-refractivity contribution in [1.82, 2.24) is 4.72 Å². The summed E-state index contributed by atoms with van der Waals surface area (Å²) in [6, 6.07) is 15.2. The number of rotatable bonds is 8. The maximum atomic E-state index is 12.7. The molecular weight excluding hydrogens is 330 g/mol. The van der Waals surface area contributed by atoms with Crippen molar-refractivity contribution in [2.45, 2.75) is 63.8 Å². The first-order chi connectivity index (χ1) is 11.9. The summed E-state index contributed by atoms with van der Waals surface area (Å²) in [4.78, 5) is 0.319. The van der Waals surface area contributed by atoms with Gasteiger partial charge < -0.3 is 0 Å². The zero-order valence-electron chi connectivity index (χ0n) is 15.6. The smallest absolute Gasteiger partial charge is 0.207 e. The Kier molecular flexibility index (Phi) is 6.79. The van der Waals surface area contributed by atoms with Crippen LogP contribution in [0, 0.1) is 0 Å². The van der Waals surface area contributed by atoms with Crippen molar-refractivity contribution in [3.05, 3.63) is 65.2 Å². The van der Waals surface area contributed by atoms with Crippen LogP contribution in [-0.2, 0) is 16.4 Å². The summed E-state index contributed by atoms with van der Waals surface area (Å²) in [6.45, 7) is 8.42. The summed E-state index contributed by atoms with van der Waals surface area (Å²) in [7, 11) is -3.53. The fourth-order valence-corrected chi connectivity index (χ4v) is 4.15. The van der Waals surface area contributed by atoms with Gasteiger partial charge >= 0.3 is 0 Å². The summed E-state index contributed by atoms with van der Waals surface area (Å²) in [5, 5.41) is 0. The van der Waals surface area contributed by atoms with Gasteiger partial charge in [0.2, 0.25) is 10.0 Å². The lowest BCUT2D eigenvalue weighted by Crippen LogP contribution is -2.28. The molecule has 0 radical (unpaired) electrons. The van der Waals surface area contributed by atoms with E-state index >= 15 is 0 Å². The molecule has 0 spiro atoms. The lowest BCUT2D eigenvalue weighted by atomic mass is 9.96. The zero-order valence-corrected chi connectivity index (χ0v) is 16.4. The van der Waals surface area contributed by atoms with Crippen LogP contribution in [0.5, 0.6) is 0 Å². The summed E-state index contributed by atoms with van der Waals surface area (Å²) in [6.07, 6.45) is 2.69. The van der Waals surface area contributed by atoms with Gasteiger partial charge in [0.15, 0.2) is 0 Å². The number of sulfonamides is 1. The second-order valence-electron chi connectivity index (χ2n) is 6.56. The van der Waals surface area contributed by atoms with E-state index in [1.807, 2.05) is 31.2 Å². The molecule has 0 heterocycles. The Bertz CT molecular complexity index is 765. The van der Waals surface area contributed by atoms with Gasteiger partial charge in [-0.2, -0.15) is 0 Å². The fourth-order valence-electron chi connectivity index (χ4n) is 2.84. The monoisotopic (exact) mass is 359 g/mol. The van der Waals surface area contributed by atoms with Crippen molar-refractivity contribution >= 4 is 10.0 Å². The molecular formula is C21H29NO2S. The number of hydrogen-bond acceptors (Lipinski definition) is 2. The van der Waals surface area contributed by atoms with E-state index in [1.165, 1.54) is 5.56 Å². The van der Waals surface area contributed by atoms with Crippen molar-refractivity contribution in [3.8, 4) is 0 Å². The quantitative estimate of drug-likeness (QED) is 0.705. The molecule has 3 nitrogen and oxygen atoms in total. The minimum Gasteiger partial charge on any atom is -0.207 e. The molecule has 4 heteroatoms. The van der Waals surface area contributed by atoms with E-state index in [4.69, 9.17) is 0 Å². The van der Waals surface area contributed by atoms with Gasteiger partial charge in [0.05, 0.1) is 4.90 Å². The molecule has 0 aliphatic rings. The van der Waals surface area contributed by atoms with E-state index < -0.39 is 10.0 Å². The van der Waals surface area contributed by atoms with E-state index in [0.29, 0.717) is 17.2 Å². The third kappa shape index (κ3) is 4.93. The van der Waals surface area contributed by atoms with Crippen molar-refractivity contribution in [3.63, 3.8) is 0 Å². The Morgan fingerprint density at radius 2 is 1.40 bits per heavy atom. The molecule has 136 valence electrons. The first-order valence-corrected chi connectivity index (χ1v) is 10.6. The van der Waals surface area contributed by atoms with Crippen molar-refractivity contribution in [2.75, 3.05) is 0 Å². The van der Waals surface area contributed by atoms with Crippen molar-refractivity contribution < 1.29 is 8.42 Å². The van der Waals surface area contributed by atoms with Crippen LogP contribution in [0.4, 0.5) is 0 Å². The highest BCUT2D eigenvalue weighted by Crippen LogP contribution is 2.24. The number of nitrogens with one attached hydrogen (secondary N) is 1. The predicted octanol–water partition coefficient (Wildman–Crippen LogP) is 5.19. The molecule has 2 aromatic rings. The predicted molar refractivity (Wildman–Crippen MR) is 104 cm³/mol. The Morgan fingerprint density at radius 3 is 1.88 bits per heavy atom. The van der Waals surface area contributed by atoms with Crippen LogP contribution in [-0.4, -0.2) is 8.42 Å². The zero-order chi connectivity index (χ0) is 18.4. The average Bonchev–Trinajstić information content (AvgIpc) is 2.65. The van der Waals surface area contributed by atoms with E-state index in [2.05, 4.69) is 37.6 Å². The van der Waals surface area contributed by atoms with Crippen LogP contribution in [0.2, 0.25) is 0 Å². The second-order valence-corrected chi connectivity index (χ2v) is 8.27. The van der Waals surface area contributed by atoms with Crippen molar-refractivity contribution in [2.24, 2.45) is 0 Å². The highest BCUT2D eigenvalue weighted by Gasteiger charge is 2.20. The largest absolute Gasteiger partial charge is 0.241 e. The maximum Gasteiger partial charge on any atom is 0.241 e. The molecule has 0 aromatic heterocycles. The van der Waals surface area contributed by atoms with E-state index in [9.17, 15) is 8.42 Å². The third-order valence-corrected chi connectivity index (χ3v) is 6.36. The Morgan fingerprint density at radius 1 is 0.840 bits per heavy atom. The molecule has 0 saturated heterocycles. The van der Waals surface area contributed by atoms with Crippen LogP contribution < -0.4 is 4.72 Å². The third-order valence-electron chi connectivity index (χ3n) is 4.87. The van der Waals surface area contributed by atoms with Gasteiger partial charge in [-0.05, 0) is 54.0 Å². The highest BCUT2D eigenvalue weighted by atomic mass is 32.2. The Labute approximate surface area is 152 Å². The van der Waals surface area contributed by atoms with Crippen LogP contribution >= 0.6 is 0 Å². The summed E-state index contributed by atoms with van der Waals surface area (Å²) < 4.78 is 28.2. The fraction of sp³-hybridized carbons (Fsp3) is 0.429. The van der Waals surface area contributed by atoms with Gasteiger partial charge in [-0.15, -0.1) is 0 Å². The molecule has 2 atom stereocenters. The second kappa shape index (κ2) is 8.63.